The minimum absolute atomic E-state index is 0.00134. The topological polar surface area (TPSA) is 147 Å². The number of carbonyl (C=O) groups is 1. The van der Waals surface area contributed by atoms with Crippen molar-refractivity contribution in [2.45, 2.75) is 68.8 Å². The number of primary amides is 1. The summed E-state index contributed by atoms with van der Waals surface area (Å²) in [6, 6.07) is 12.8. The number of hydrogen-bond acceptors (Lipinski definition) is 11. The van der Waals surface area contributed by atoms with Gasteiger partial charge < -0.3 is 29.0 Å². The Morgan fingerprint density at radius 3 is 2.20 bits per heavy atom. The fraction of sp³-hybridized carbons (Fsp3) is 0.250. The monoisotopic (exact) mass is 886 g/mol. The second kappa shape index (κ2) is 16.6. The lowest BCUT2D eigenvalue weighted by Gasteiger charge is -2.13. The molecule has 1 atom stereocenters. The van der Waals surface area contributed by atoms with E-state index in [-0.39, 0.29) is 43.4 Å². The Kier molecular flexibility index (Phi) is 11.4. The van der Waals surface area contributed by atoms with Crippen molar-refractivity contribution in [3.05, 3.63) is 123 Å². The number of imidazole rings is 1. The number of thiophene rings is 1. The van der Waals surface area contributed by atoms with Gasteiger partial charge in [-0.05, 0) is 73.0 Å². The van der Waals surface area contributed by atoms with Gasteiger partial charge in [0, 0.05) is 47.8 Å². The van der Waals surface area contributed by atoms with Gasteiger partial charge in [-0.2, -0.15) is 26.3 Å². The molecular formula is C40H32F6N6O5S3. The zero-order chi connectivity index (χ0) is 42.3. The van der Waals surface area contributed by atoms with E-state index in [1.165, 1.54) is 58.7 Å². The van der Waals surface area contributed by atoms with Crippen LogP contribution >= 0.6 is 34.4 Å². The first-order valence-corrected chi connectivity index (χ1v) is 20.9. The number of aliphatic hydroxyl groups is 1. The van der Waals surface area contributed by atoms with Crippen LogP contribution in [-0.2, 0) is 60.1 Å². The molecule has 0 saturated carbocycles. The second-order valence-electron chi connectivity index (χ2n) is 13.6. The molecule has 1 amide bonds. The molecule has 0 aliphatic rings. The van der Waals surface area contributed by atoms with Crippen LogP contribution in [0.4, 0.5) is 26.3 Å². The van der Waals surface area contributed by atoms with E-state index in [4.69, 9.17) is 24.3 Å². The third-order valence-corrected chi connectivity index (χ3v) is 12.2. The molecule has 8 aromatic rings. The Labute approximate surface area is 348 Å². The Hall–Kier alpha value is -5.41. The number of halogens is 6. The molecule has 0 radical (unpaired) electrons. The third-order valence-electron chi connectivity index (χ3n) is 9.56. The number of aryl methyl sites for hydroxylation is 3. The first-order chi connectivity index (χ1) is 28.6. The predicted molar refractivity (Wildman–Crippen MR) is 212 cm³/mol. The number of rotatable bonds is 15. The molecule has 2 aromatic carbocycles. The van der Waals surface area contributed by atoms with Crippen molar-refractivity contribution in [3.63, 3.8) is 0 Å². The first kappa shape index (κ1) is 41.3. The molecule has 0 spiro atoms. The number of hydrogen-bond donors (Lipinski definition) is 2. The molecular weight excluding hydrogens is 855 g/mol. The summed E-state index contributed by atoms with van der Waals surface area (Å²) in [5.41, 5.74) is 7.76. The average molecular weight is 887 g/mol. The van der Waals surface area contributed by atoms with Gasteiger partial charge in [-0.25, -0.2) is 15.0 Å². The highest BCUT2D eigenvalue weighted by atomic mass is 32.2. The van der Waals surface area contributed by atoms with Crippen LogP contribution in [-0.4, -0.2) is 41.2 Å². The van der Waals surface area contributed by atoms with E-state index in [2.05, 4.69) is 9.97 Å². The van der Waals surface area contributed by atoms with Gasteiger partial charge in [-0.3, -0.25) is 9.20 Å². The molecule has 6 aromatic heterocycles. The smallest absolute Gasteiger partial charge is 0.416 e. The number of thiazole rings is 1. The largest absolute Gasteiger partial charge is 0.441 e. The highest BCUT2D eigenvalue weighted by molar-refractivity contribution is 7.98. The molecule has 0 aliphatic carbocycles. The van der Waals surface area contributed by atoms with Gasteiger partial charge in [0.1, 0.15) is 22.2 Å². The highest BCUT2D eigenvalue weighted by Gasteiger charge is 2.31. The van der Waals surface area contributed by atoms with Crippen molar-refractivity contribution in [2.24, 2.45) is 5.73 Å². The van der Waals surface area contributed by atoms with E-state index < -0.39 is 35.7 Å². The molecule has 312 valence electrons. The number of fused-ring (bicyclic) bond motifs is 2. The van der Waals surface area contributed by atoms with Crippen LogP contribution in [0, 0.1) is 6.92 Å². The number of carbonyl (C=O) groups excluding carboxylic acids is 1. The molecule has 60 heavy (non-hydrogen) atoms. The number of thioether (sulfide) groups is 1. The molecule has 1 unspecified atom stereocenters. The predicted octanol–water partition coefficient (Wildman–Crippen LogP) is 9.71. The van der Waals surface area contributed by atoms with Crippen molar-refractivity contribution in [1.82, 2.24) is 23.9 Å². The Balaban J connectivity index is 0.993. The molecule has 20 heteroatoms. The van der Waals surface area contributed by atoms with Crippen molar-refractivity contribution < 1.29 is 49.8 Å². The summed E-state index contributed by atoms with van der Waals surface area (Å²) >= 11 is 4.24. The minimum atomic E-state index is -4.53. The van der Waals surface area contributed by atoms with Gasteiger partial charge in [-0.15, -0.1) is 22.7 Å². The zero-order valence-corrected chi connectivity index (χ0v) is 33.7. The summed E-state index contributed by atoms with van der Waals surface area (Å²) < 4.78 is 102. The Morgan fingerprint density at radius 1 is 0.900 bits per heavy atom. The van der Waals surface area contributed by atoms with E-state index >= 15 is 0 Å². The Morgan fingerprint density at radius 2 is 1.55 bits per heavy atom. The summed E-state index contributed by atoms with van der Waals surface area (Å²) in [6.45, 7) is 1.87. The maximum atomic E-state index is 13.3. The van der Waals surface area contributed by atoms with E-state index in [0.29, 0.717) is 62.0 Å². The number of nitrogens with two attached hydrogens (primary N) is 1. The van der Waals surface area contributed by atoms with Gasteiger partial charge >= 0.3 is 12.4 Å². The first-order valence-electron chi connectivity index (χ1n) is 18.1. The second-order valence-corrected chi connectivity index (χ2v) is 16.4. The maximum absolute atomic E-state index is 13.3. The van der Waals surface area contributed by atoms with Crippen molar-refractivity contribution >= 4 is 55.5 Å². The van der Waals surface area contributed by atoms with Crippen LogP contribution in [0.5, 0.6) is 0 Å². The SMILES string of the molecule is Cc1nc(-c2ccc(C(F)(F)F)cc2)oc1CSc1nc2sccn2c1CC(O)OCc1nc(-c2ccc(C(F)(F)F)cc2)oc1CCn1c(CC(N)=O)cc2sccc21. The lowest BCUT2D eigenvalue weighted by atomic mass is 10.1. The summed E-state index contributed by atoms with van der Waals surface area (Å²) in [5, 5.41) is 15.6. The number of amides is 1. The number of nitrogens with zero attached hydrogens (tertiary/aromatic N) is 5. The molecule has 0 fully saturated rings. The summed E-state index contributed by atoms with van der Waals surface area (Å²) in [6.07, 6.45) is -8.27. The van der Waals surface area contributed by atoms with E-state index in [1.54, 1.807) is 6.92 Å². The lowest BCUT2D eigenvalue weighted by Crippen LogP contribution is -2.18. The zero-order valence-electron chi connectivity index (χ0n) is 31.2. The standard InChI is InChI=1S/C40H32F6N6O5S3/c1-21-31(57-35(48-21)22-2-6-24(7-3-22)39(41,42)43)20-60-37-29(52-13-15-59-38(52)50-37)18-34(54)55-19-27-30(56-36(49-27)23-4-8-25(9-5-23)40(44,45)46)10-12-51-26(17-33(47)53)16-32-28(51)11-14-58-32/h2-9,11,13-16,34,54H,10,12,17-20H2,1H3,(H2,47,53). The summed E-state index contributed by atoms with van der Waals surface area (Å²) in [4.78, 5) is 26.3. The third kappa shape index (κ3) is 8.87. The van der Waals surface area contributed by atoms with Gasteiger partial charge in [0.2, 0.25) is 17.7 Å². The van der Waals surface area contributed by atoms with Crippen LogP contribution in [0.25, 0.3) is 38.1 Å². The number of benzene rings is 2. The van der Waals surface area contributed by atoms with E-state index in [0.717, 1.165) is 34.5 Å². The maximum Gasteiger partial charge on any atom is 0.416 e. The van der Waals surface area contributed by atoms with Crippen LogP contribution in [0.1, 0.15) is 45.4 Å². The van der Waals surface area contributed by atoms with Crippen LogP contribution in [0.3, 0.4) is 0 Å². The number of aliphatic hydroxyl groups excluding tert-OH is 1. The summed E-state index contributed by atoms with van der Waals surface area (Å²) in [5.74, 6) is 0.905. The molecule has 0 saturated heterocycles. The molecule has 0 bridgehead atoms. The van der Waals surface area contributed by atoms with Crippen molar-refractivity contribution in [1.29, 1.82) is 0 Å². The molecule has 0 aliphatic heterocycles. The van der Waals surface area contributed by atoms with Crippen LogP contribution in [0.2, 0.25) is 0 Å². The normalized spacial score (nSPS) is 12.9. The van der Waals surface area contributed by atoms with Gasteiger partial charge in [-0.1, -0.05) is 11.8 Å². The van der Waals surface area contributed by atoms with Gasteiger partial charge in [0.05, 0.1) is 51.5 Å². The van der Waals surface area contributed by atoms with E-state index in [9.17, 15) is 36.2 Å². The van der Waals surface area contributed by atoms with Crippen molar-refractivity contribution in [3.8, 4) is 22.9 Å². The molecule has 8 rings (SSSR count). The fourth-order valence-corrected chi connectivity index (χ4v) is 9.26. The molecule has 6 heterocycles. The number of oxazole rings is 2. The number of aromatic nitrogens is 5. The minimum Gasteiger partial charge on any atom is -0.441 e. The van der Waals surface area contributed by atoms with Crippen LogP contribution < -0.4 is 5.73 Å². The van der Waals surface area contributed by atoms with Gasteiger partial charge in [0.25, 0.3) is 0 Å². The average Bonchev–Trinajstić information content (AvgIpc) is 4.05. The fourth-order valence-electron chi connectivity index (χ4n) is 6.58. The summed E-state index contributed by atoms with van der Waals surface area (Å²) in [7, 11) is 0. The van der Waals surface area contributed by atoms with Crippen LogP contribution in [0.15, 0.2) is 91.5 Å². The quantitative estimate of drug-likeness (QED) is 0.0584. The lowest BCUT2D eigenvalue weighted by molar-refractivity contribution is -0.138. The van der Waals surface area contributed by atoms with Gasteiger partial charge in [0.15, 0.2) is 11.3 Å². The number of alkyl halides is 6. The Bertz CT molecular complexity index is 2780. The molecule has 3 N–H and O–H groups in total. The van der Waals surface area contributed by atoms with E-state index in [1.807, 2.05) is 38.1 Å². The highest BCUT2D eigenvalue weighted by Crippen LogP contribution is 2.35. The van der Waals surface area contributed by atoms with Crippen molar-refractivity contribution in [2.75, 3.05) is 0 Å². The number of ether oxygens (including phenoxy) is 1. The molecule has 11 nitrogen and oxygen atoms in total.